The number of benzene rings is 2. The molecule has 0 spiro atoms. The van der Waals surface area contributed by atoms with E-state index in [0.29, 0.717) is 23.1 Å². The van der Waals surface area contributed by atoms with E-state index in [4.69, 9.17) is 0 Å². The molecule has 0 saturated carbocycles. The zero-order valence-electron chi connectivity index (χ0n) is 19.6. The number of anilines is 1. The number of hydrogen-bond acceptors (Lipinski definition) is 4. The number of alkyl halides is 3. The number of nitrogens with one attached hydrogen (secondary N) is 1. The minimum Gasteiger partial charge on any atom is -0.338 e. The summed E-state index contributed by atoms with van der Waals surface area (Å²) in [5, 5.41) is 11.8. The van der Waals surface area contributed by atoms with Crippen LogP contribution in [0.25, 0.3) is 0 Å². The molecule has 0 bridgehead atoms. The number of rotatable bonds is 3. The first-order valence-electron chi connectivity index (χ1n) is 11.4. The molecule has 4 rings (SSSR count). The third-order valence-corrected chi connectivity index (χ3v) is 6.30. The van der Waals surface area contributed by atoms with Crippen LogP contribution in [0.5, 0.6) is 0 Å². The van der Waals surface area contributed by atoms with E-state index < -0.39 is 29.8 Å². The minimum atomic E-state index is -4.64. The molecule has 0 radical (unpaired) electrons. The normalized spacial score (nSPS) is 18.2. The molecule has 1 N–H and O–H groups in total. The molecule has 10 heteroatoms. The van der Waals surface area contributed by atoms with Gasteiger partial charge in [0.05, 0.1) is 28.9 Å². The van der Waals surface area contributed by atoms with Crippen molar-refractivity contribution in [2.24, 2.45) is 0 Å². The van der Waals surface area contributed by atoms with Crippen molar-refractivity contribution in [3.05, 3.63) is 76.0 Å². The van der Waals surface area contributed by atoms with Crippen LogP contribution in [-0.4, -0.2) is 29.3 Å². The van der Waals surface area contributed by atoms with Crippen LogP contribution in [0.4, 0.5) is 28.4 Å². The van der Waals surface area contributed by atoms with E-state index in [9.17, 15) is 32.8 Å². The summed E-state index contributed by atoms with van der Waals surface area (Å²) in [6.45, 7) is 3.56. The van der Waals surface area contributed by atoms with Crippen molar-refractivity contribution in [3.63, 3.8) is 0 Å². The first-order valence-corrected chi connectivity index (χ1v) is 11.4. The van der Waals surface area contributed by atoms with Crippen molar-refractivity contribution in [2.45, 2.75) is 45.3 Å². The van der Waals surface area contributed by atoms with Crippen LogP contribution < -0.4 is 10.2 Å². The topological polar surface area (TPSA) is 93.5 Å². The Hall–Kier alpha value is -4.13. The number of allylic oxidation sites excluding steroid dienone is 1. The largest absolute Gasteiger partial charge is 0.416 e. The van der Waals surface area contributed by atoms with E-state index >= 15 is 0 Å². The van der Waals surface area contributed by atoms with Crippen LogP contribution in [0.15, 0.2) is 53.7 Å². The Balaban J connectivity index is 1.99. The van der Waals surface area contributed by atoms with Gasteiger partial charge in [-0.1, -0.05) is 12.1 Å². The van der Waals surface area contributed by atoms with E-state index in [1.165, 1.54) is 18.2 Å². The highest BCUT2D eigenvalue weighted by Gasteiger charge is 2.47. The second-order valence-electron chi connectivity index (χ2n) is 8.59. The summed E-state index contributed by atoms with van der Waals surface area (Å²) in [5.74, 6) is -0.288. The van der Waals surface area contributed by atoms with E-state index in [1.807, 2.05) is 6.07 Å². The highest BCUT2D eigenvalue weighted by molar-refractivity contribution is 6.11. The van der Waals surface area contributed by atoms with Crippen molar-refractivity contribution in [3.8, 4) is 6.07 Å². The van der Waals surface area contributed by atoms with Gasteiger partial charge in [0.25, 0.3) is 0 Å². The molecule has 1 aliphatic heterocycles. The molecule has 2 aromatic rings. The number of aryl methyl sites for hydroxylation is 1. The Morgan fingerprint density at radius 2 is 1.92 bits per heavy atom. The number of nitriles is 1. The third kappa shape index (κ3) is 4.33. The van der Waals surface area contributed by atoms with E-state index in [-0.39, 0.29) is 42.1 Å². The van der Waals surface area contributed by atoms with Crippen molar-refractivity contribution in [1.29, 1.82) is 5.26 Å². The van der Waals surface area contributed by atoms with Gasteiger partial charge in [-0.2, -0.15) is 18.4 Å². The van der Waals surface area contributed by atoms with Crippen molar-refractivity contribution in [1.82, 2.24) is 10.2 Å². The highest BCUT2D eigenvalue weighted by Crippen LogP contribution is 2.45. The fourth-order valence-corrected chi connectivity index (χ4v) is 4.73. The predicted molar refractivity (Wildman–Crippen MR) is 125 cm³/mol. The summed E-state index contributed by atoms with van der Waals surface area (Å²) < 4.78 is 40.4. The molecule has 1 heterocycles. The van der Waals surface area contributed by atoms with Crippen LogP contribution in [0, 0.1) is 18.3 Å². The van der Waals surface area contributed by atoms with Gasteiger partial charge >= 0.3 is 18.2 Å². The van der Waals surface area contributed by atoms with Crippen LogP contribution in [0.3, 0.4) is 0 Å². The predicted octanol–water partition coefficient (Wildman–Crippen LogP) is 5.61. The summed E-state index contributed by atoms with van der Waals surface area (Å²) in [6.07, 6.45) is -3.77. The number of nitrogens with zero attached hydrogens (tertiary/aromatic N) is 3. The number of Topliss-reactive ketones (excluding diaryl/α,β-unsaturated/α-hetero) is 1. The van der Waals surface area contributed by atoms with Crippen molar-refractivity contribution in [2.75, 3.05) is 11.4 Å². The monoisotopic (exact) mass is 496 g/mol. The second kappa shape index (κ2) is 9.49. The molecule has 0 saturated heterocycles. The van der Waals surface area contributed by atoms with Crippen molar-refractivity contribution < 1.29 is 27.6 Å². The number of hydrogen-bond donors (Lipinski definition) is 1. The van der Waals surface area contributed by atoms with Gasteiger partial charge in [-0.05, 0) is 68.1 Å². The number of ketones is 1. The lowest BCUT2D eigenvalue weighted by Gasteiger charge is -2.44. The van der Waals surface area contributed by atoms with Gasteiger partial charge in [-0.25, -0.2) is 14.5 Å². The SMILES string of the molecule is CCNC(=O)N1C(=O)N(c2cccc(C(F)(F)F)c2)C2=C(C(=O)CCC2)C1c1ccc(C#N)cc1C. The lowest BCUT2D eigenvalue weighted by atomic mass is 9.82. The minimum absolute atomic E-state index is 0.0821. The number of urea groups is 2. The van der Waals surface area contributed by atoms with Gasteiger partial charge in [0.15, 0.2) is 5.78 Å². The standard InChI is InChI=1S/C26H23F3N4O3/c1-3-31-24(35)33-23(19-11-10-16(14-30)12-15(19)2)22-20(8-5-9-21(22)34)32(25(33)36)18-7-4-6-17(13-18)26(27,28)29/h4,6-7,10-13,23H,3,5,8-9H2,1-2H3,(H,31,35). The Labute approximate surface area is 205 Å². The van der Waals surface area contributed by atoms with Crippen LogP contribution >= 0.6 is 0 Å². The van der Waals surface area contributed by atoms with E-state index in [1.54, 1.807) is 26.0 Å². The van der Waals surface area contributed by atoms with Gasteiger partial charge in [0.1, 0.15) is 0 Å². The van der Waals surface area contributed by atoms with Gasteiger partial charge in [-0.15, -0.1) is 0 Å². The molecule has 2 aromatic carbocycles. The number of halogens is 3. The Morgan fingerprint density at radius 3 is 2.56 bits per heavy atom. The van der Waals surface area contributed by atoms with Crippen LogP contribution in [0.1, 0.15) is 54.5 Å². The molecule has 186 valence electrons. The summed E-state index contributed by atoms with van der Waals surface area (Å²) in [7, 11) is 0. The molecule has 0 fully saturated rings. The summed E-state index contributed by atoms with van der Waals surface area (Å²) in [4.78, 5) is 42.3. The first-order chi connectivity index (χ1) is 17.1. The van der Waals surface area contributed by atoms with Gasteiger partial charge in [0, 0.05) is 24.2 Å². The molecular formula is C26H23F3N4O3. The average Bonchev–Trinajstić information content (AvgIpc) is 2.83. The maximum Gasteiger partial charge on any atom is 0.416 e. The number of amides is 4. The molecule has 2 aliphatic rings. The highest BCUT2D eigenvalue weighted by atomic mass is 19.4. The number of carbonyl (C=O) groups excluding carboxylic acids is 3. The van der Waals surface area contributed by atoms with Crippen LogP contribution in [-0.2, 0) is 11.0 Å². The van der Waals surface area contributed by atoms with E-state index in [0.717, 1.165) is 21.9 Å². The molecule has 7 nitrogen and oxygen atoms in total. The quantitative estimate of drug-likeness (QED) is 0.598. The van der Waals surface area contributed by atoms with Crippen LogP contribution in [0.2, 0.25) is 0 Å². The van der Waals surface area contributed by atoms with E-state index in [2.05, 4.69) is 5.32 Å². The summed E-state index contributed by atoms with van der Waals surface area (Å²) in [6, 6.07) is 8.31. The fraction of sp³-hybridized carbons (Fsp3) is 0.308. The van der Waals surface area contributed by atoms with Gasteiger partial charge in [0.2, 0.25) is 0 Å². The molecule has 4 amide bonds. The Kier molecular flexibility index (Phi) is 6.59. The molecule has 1 atom stereocenters. The third-order valence-electron chi connectivity index (χ3n) is 6.30. The maximum absolute atomic E-state index is 13.9. The lowest BCUT2D eigenvalue weighted by molar-refractivity contribution is -0.137. The van der Waals surface area contributed by atoms with Gasteiger partial charge < -0.3 is 5.32 Å². The smallest absolute Gasteiger partial charge is 0.338 e. The number of carbonyl (C=O) groups is 3. The zero-order chi connectivity index (χ0) is 26.2. The lowest BCUT2D eigenvalue weighted by Crippen LogP contribution is -2.56. The first kappa shape index (κ1) is 25.0. The molecule has 1 unspecified atom stereocenters. The average molecular weight is 496 g/mol. The second-order valence-corrected chi connectivity index (χ2v) is 8.59. The Morgan fingerprint density at radius 1 is 1.17 bits per heavy atom. The summed E-state index contributed by atoms with van der Waals surface area (Å²) in [5.41, 5.74) is 0.895. The molecule has 0 aromatic heterocycles. The van der Waals surface area contributed by atoms with Gasteiger partial charge in [-0.3, -0.25) is 9.69 Å². The maximum atomic E-state index is 13.9. The zero-order valence-corrected chi connectivity index (χ0v) is 19.6. The summed E-state index contributed by atoms with van der Waals surface area (Å²) >= 11 is 0. The van der Waals surface area contributed by atoms with Crippen molar-refractivity contribution >= 4 is 23.5 Å². The number of imide groups is 1. The fourth-order valence-electron chi connectivity index (χ4n) is 4.73. The molecular weight excluding hydrogens is 473 g/mol. The molecule has 36 heavy (non-hydrogen) atoms. The Bertz CT molecular complexity index is 1330. The molecule has 1 aliphatic carbocycles.